The summed E-state index contributed by atoms with van der Waals surface area (Å²) in [6.45, 7) is 3.53. The number of rotatable bonds is 8. The molecule has 2 aromatic rings. The zero-order valence-corrected chi connectivity index (χ0v) is 19.4. The second kappa shape index (κ2) is 11.2. The predicted molar refractivity (Wildman–Crippen MR) is 133 cm³/mol. The Labute approximate surface area is 199 Å². The van der Waals surface area contributed by atoms with Crippen molar-refractivity contribution in [2.24, 2.45) is 10.2 Å². The number of fused-ring (bicyclic) bond motifs is 1. The van der Waals surface area contributed by atoms with Crippen LogP contribution in [0, 0.1) is 0 Å². The molecule has 0 radical (unpaired) electrons. The summed E-state index contributed by atoms with van der Waals surface area (Å²) in [6, 6.07) is 5.67. The van der Waals surface area contributed by atoms with Crippen LogP contribution >= 0.6 is 0 Å². The molecule has 9 nitrogen and oxygen atoms in total. The van der Waals surface area contributed by atoms with Crippen molar-refractivity contribution < 1.29 is 9.53 Å². The third kappa shape index (κ3) is 5.67. The standard InChI is InChI=1S/C25H29N7O2/c1-3-4-12-28-29-16-20-7-5-8-23(30-20)31-24(33)21-14-19-17-32(25-26-10-6-11-27-25)13-9-18(19)15-22(21)34-2/h5-8,10-12,14-16,23,30H,3-4,9,13,17H2,1-2H3,(H,31,33)/b28-12+,29-16+. The van der Waals surface area contributed by atoms with Crippen LogP contribution in [0.5, 0.6) is 5.75 Å². The molecule has 2 aliphatic heterocycles. The first-order valence-corrected chi connectivity index (χ1v) is 11.4. The van der Waals surface area contributed by atoms with Gasteiger partial charge in [0.2, 0.25) is 5.95 Å². The number of amides is 1. The molecule has 176 valence electrons. The molecule has 0 spiro atoms. The predicted octanol–water partition coefficient (Wildman–Crippen LogP) is 3.00. The van der Waals surface area contributed by atoms with E-state index in [1.165, 1.54) is 5.56 Å². The Hall–Kier alpha value is -4.01. The Bertz CT molecular complexity index is 1130. The number of aromatic nitrogens is 2. The SMILES string of the molecule is CCC/C=N/N=C/C1=CC=CC(NC(=O)c2cc3c(cc2OC)CCN(c2ncccn2)C3)N1. The third-order valence-electron chi connectivity index (χ3n) is 5.56. The fourth-order valence-electron chi connectivity index (χ4n) is 3.82. The van der Waals surface area contributed by atoms with Gasteiger partial charge in [0.25, 0.3) is 5.91 Å². The lowest BCUT2D eigenvalue weighted by Gasteiger charge is -2.29. The zero-order chi connectivity index (χ0) is 23.8. The number of carbonyl (C=O) groups excluding carboxylic acids is 1. The van der Waals surface area contributed by atoms with Crippen molar-refractivity contribution in [1.29, 1.82) is 0 Å². The maximum atomic E-state index is 13.2. The van der Waals surface area contributed by atoms with Gasteiger partial charge in [0, 0.05) is 31.7 Å². The van der Waals surface area contributed by atoms with Gasteiger partial charge in [-0.05, 0) is 54.3 Å². The van der Waals surface area contributed by atoms with Gasteiger partial charge in [-0.25, -0.2) is 9.97 Å². The van der Waals surface area contributed by atoms with E-state index in [0.717, 1.165) is 37.1 Å². The van der Waals surface area contributed by atoms with E-state index in [4.69, 9.17) is 4.74 Å². The number of methoxy groups -OCH3 is 1. The Morgan fingerprint density at radius 1 is 1.29 bits per heavy atom. The minimum Gasteiger partial charge on any atom is -0.496 e. The first kappa shape index (κ1) is 23.2. The highest BCUT2D eigenvalue weighted by Crippen LogP contribution is 2.29. The number of hydrogen-bond acceptors (Lipinski definition) is 8. The molecule has 1 amide bonds. The average molecular weight is 460 g/mol. The smallest absolute Gasteiger partial charge is 0.256 e. The summed E-state index contributed by atoms with van der Waals surface area (Å²) in [5, 5.41) is 14.3. The number of dihydropyridines is 1. The molecule has 34 heavy (non-hydrogen) atoms. The Kier molecular flexibility index (Phi) is 7.64. The molecular formula is C25H29N7O2. The number of unbranched alkanes of at least 4 members (excludes halogenated alkanes) is 1. The molecule has 0 bridgehead atoms. The van der Waals surface area contributed by atoms with Crippen LogP contribution in [0.15, 0.2) is 64.7 Å². The van der Waals surface area contributed by atoms with Crippen molar-refractivity contribution in [2.75, 3.05) is 18.6 Å². The number of nitrogens with one attached hydrogen (secondary N) is 2. The van der Waals surface area contributed by atoms with Crippen molar-refractivity contribution >= 4 is 24.3 Å². The molecule has 0 fully saturated rings. The van der Waals surface area contributed by atoms with Crippen molar-refractivity contribution in [3.05, 3.63) is 71.2 Å². The molecule has 0 aliphatic carbocycles. The molecule has 1 unspecified atom stereocenters. The average Bonchev–Trinajstić information content (AvgIpc) is 2.88. The molecule has 3 heterocycles. The first-order valence-electron chi connectivity index (χ1n) is 11.4. The number of anilines is 1. The first-order chi connectivity index (χ1) is 16.7. The lowest BCUT2D eigenvalue weighted by molar-refractivity contribution is 0.0937. The van der Waals surface area contributed by atoms with Crippen molar-refractivity contribution in [2.45, 2.75) is 38.9 Å². The van der Waals surface area contributed by atoms with E-state index in [2.05, 4.69) is 42.6 Å². The summed E-state index contributed by atoms with van der Waals surface area (Å²) in [6.07, 6.45) is 14.9. The fourth-order valence-corrected chi connectivity index (χ4v) is 3.82. The molecule has 0 saturated carbocycles. The highest BCUT2D eigenvalue weighted by molar-refractivity contribution is 5.97. The van der Waals surface area contributed by atoms with Gasteiger partial charge in [-0.15, -0.1) is 0 Å². The molecule has 2 aliphatic rings. The summed E-state index contributed by atoms with van der Waals surface area (Å²) in [5.41, 5.74) is 3.48. The van der Waals surface area contributed by atoms with Gasteiger partial charge in [0.15, 0.2) is 0 Å². The Balaban J connectivity index is 1.45. The molecule has 1 atom stereocenters. The summed E-state index contributed by atoms with van der Waals surface area (Å²) in [7, 11) is 1.58. The minimum atomic E-state index is -0.381. The molecule has 9 heteroatoms. The topological polar surface area (TPSA) is 104 Å². The third-order valence-corrected chi connectivity index (χ3v) is 5.56. The lowest BCUT2D eigenvalue weighted by atomic mass is 9.96. The highest BCUT2D eigenvalue weighted by atomic mass is 16.5. The van der Waals surface area contributed by atoms with Crippen LogP contribution in [0.3, 0.4) is 0 Å². The maximum absolute atomic E-state index is 13.2. The quantitative estimate of drug-likeness (QED) is 0.465. The number of hydrogen-bond donors (Lipinski definition) is 2. The van der Waals surface area contributed by atoms with Crippen molar-refractivity contribution in [3.8, 4) is 5.75 Å². The van der Waals surface area contributed by atoms with E-state index in [9.17, 15) is 4.79 Å². The Morgan fingerprint density at radius 2 is 2.15 bits per heavy atom. The van der Waals surface area contributed by atoms with Crippen LogP contribution in [0.4, 0.5) is 5.95 Å². The van der Waals surface area contributed by atoms with E-state index in [-0.39, 0.29) is 12.1 Å². The summed E-state index contributed by atoms with van der Waals surface area (Å²) in [5.74, 6) is 1.02. The largest absolute Gasteiger partial charge is 0.496 e. The number of nitrogens with zero attached hydrogens (tertiary/aromatic N) is 5. The second-order valence-electron chi connectivity index (χ2n) is 7.98. The number of benzene rings is 1. The Morgan fingerprint density at radius 3 is 2.94 bits per heavy atom. The van der Waals surface area contributed by atoms with Crippen molar-refractivity contribution in [1.82, 2.24) is 20.6 Å². The monoisotopic (exact) mass is 459 g/mol. The van der Waals surface area contributed by atoms with Gasteiger partial charge < -0.3 is 20.3 Å². The zero-order valence-electron chi connectivity index (χ0n) is 19.4. The number of carbonyl (C=O) groups is 1. The minimum absolute atomic E-state index is 0.228. The second-order valence-corrected chi connectivity index (χ2v) is 7.98. The van der Waals surface area contributed by atoms with Gasteiger partial charge >= 0.3 is 0 Å². The maximum Gasteiger partial charge on any atom is 0.256 e. The number of ether oxygens (including phenoxy) is 1. The summed E-state index contributed by atoms with van der Waals surface area (Å²) >= 11 is 0. The summed E-state index contributed by atoms with van der Waals surface area (Å²) in [4.78, 5) is 24.0. The van der Waals surface area contributed by atoms with Gasteiger partial charge in [-0.3, -0.25) is 4.79 Å². The van der Waals surface area contributed by atoms with Gasteiger partial charge in [0.1, 0.15) is 11.9 Å². The molecule has 0 saturated heterocycles. The van der Waals surface area contributed by atoms with E-state index >= 15 is 0 Å². The molecular weight excluding hydrogens is 430 g/mol. The van der Waals surface area contributed by atoms with E-state index < -0.39 is 0 Å². The van der Waals surface area contributed by atoms with E-state index in [0.29, 0.717) is 23.8 Å². The van der Waals surface area contributed by atoms with Crippen LogP contribution in [-0.4, -0.2) is 48.1 Å². The molecule has 1 aromatic heterocycles. The van der Waals surface area contributed by atoms with Crippen LogP contribution in [0.2, 0.25) is 0 Å². The lowest BCUT2D eigenvalue weighted by Crippen LogP contribution is -2.45. The highest BCUT2D eigenvalue weighted by Gasteiger charge is 2.24. The fraction of sp³-hybridized carbons (Fsp3) is 0.320. The summed E-state index contributed by atoms with van der Waals surface area (Å²) < 4.78 is 5.55. The van der Waals surface area contributed by atoms with E-state index in [1.807, 2.05) is 30.4 Å². The number of allylic oxidation sites excluding steroid dienone is 3. The van der Waals surface area contributed by atoms with Gasteiger partial charge in [0.05, 0.1) is 24.6 Å². The van der Waals surface area contributed by atoms with Crippen LogP contribution in [-0.2, 0) is 13.0 Å². The van der Waals surface area contributed by atoms with Gasteiger partial charge in [-0.1, -0.05) is 19.4 Å². The van der Waals surface area contributed by atoms with E-state index in [1.54, 1.807) is 38.0 Å². The molecule has 4 rings (SSSR count). The molecule has 2 N–H and O–H groups in total. The van der Waals surface area contributed by atoms with Crippen LogP contribution in [0.1, 0.15) is 41.3 Å². The molecule has 1 aromatic carbocycles. The van der Waals surface area contributed by atoms with Crippen LogP contribution in [0.25, 0.3) is 0 Å². The van der Waals surface area contributed by atoms with Crippen molar-refractivity contribution in [3.63, 3.8) is 0 Å². The normalized spacial score (nSPS) is 17.4. The van der Waals surface area contributed by atoms with Gasteiger partial charge in [-0.2, -0.15) is 10.2 Å². The van der Waals surface area contributed by atoms with Crippen LogP contribution < -0.4 is 20.3 Å².